The minimum absolute atomic E-state index is 0.0369. The van der Waals surface area contributed by atoms with Gasteiger partial charge in [-0.25, -0.2) is 13.2 Å². The van der Waals surface area contributed by atoms with Gasteiger partial charge in [0.05, 0.1) is 5.56 Å². The van der Waals surface area contributed by atoms with Crippen LogP contribution in [0.4, 0.5) is 26.3 Å². The first-order valence-electron chi connectivity index (χ1n) is 5.11. The lowest BCUT2D eigenvalue weighted by atomic mass is 10.0. The third kappa shape index (κ3) is 2.72. The van der Waals surface area contributed by atoms with E-state index in [4.69, 9.17) is 0 Å². The molecule has 0 aliphatic heterocycles. The number of alkyl halides is 3. The first-order chi connectivity index (χ1) is 8.79. The van der Waals surface area contributed by atoms with Gasteiger partial charge in [-0.3, -0.25) is 0 Å². The van der Waals surface area contributed by atoms with Crippen LogP contribution in [0.1, 0.15) is 5.56 Å². The average molecular weight is 276 g/mol. The Bertz CT molecular complexity index is 615. The minimum Gasteiger partial charge on any atom is -0.206 e. The zero-order chi connectivity index (χ0) is 14.2. The van der Waals surface area contributed by atoms with Crippen molar-refractivity contribution in [2.75, 3.05) is 0 Å². The summed E-state index contributed by atoms with van der Waals surface area (Å²) in [5.41, 5.74) is -1.41. The molecule has 0 aliphatic rings. The summed E-state index contributed by atoms with van der Waals surface area (Å²) in [4.78, 5) is 0. The molecule has 0 amide bonds. The fourth-order valence-corrected chi connectivity index (χ4v) is 1.59. The summed E-state index contributed by atoms with van der Waals surface area (Å²) in [6.45, 7) is 0. The van der Waals surface area contributed by atoms with Crippen LogP contribution in [0.2, 0.25) is 0 Å². The van der Waals surface area contributed by atoms with Crippen LogP contribution in [0.25, 0.3) is 11.1 Å². The van der Waals surface area contributed by atoms with Crippen molar-refractivity contribution in [3.8, 4) is 11.1 Å². The van der Waals surface area contributed by atoms with Crippen LogP contribution in [0.5, 0.6) is 0 Å². The highest BCUT2D eigenvalue weighted by Gasteiger charge is 2.31. The van der Waals surface area contributed by atoms with Crippen molar-refractivity contribution in [3.05, 3.63) is 59.4 Å². The summed E-state index contributed by atoms with van der Waals surface area (Å²) in [5, 5.41) is 0. The predicted octanol–water partition coefficient (Wildman–Crippen LogP) is 4.79. The van der Waals surface area contributed by atoms with Crippen LogP contribution in [0.15, 0.2) is 36.4 Å². The third-order valence-electron chi connectivity index (χ3n) is 2.53. The topological polar surface area (TPSA) is 0 Å². The summed E-state index contributed by atoms with van der Waals surface area (Å²) in [6, 6.07) is 4.47. The molecule has 19 heavy (non-hydrogen) atoms. The molecule has 0 saturated carbocycles. The van der Waals surface area contributed by atoms with Crippen molar-refractivity contribution in [3.63, 3.8) is 0 Å². The highest BCUT2D eigenvalue weighted by Crippen LogP contribution is 2.33. The van der Waals surface area contributed by atoms with Crippen molar-refractivity contribution in [2.45, 2.75) is 6.18 Å². The second-order valence-corrected chi connectivity index (χ2v) is 3.82. The highest BCUT2D eigenvalue weighted by molar-refractivity contribution is 5.64. The van der Waals surface area contributed by atoms with E-state index in [1.54, 1.807) is 0 Å². The average Bonchev–Trinajstić information content (AvgIpc) is 2.31. The largest absolute Gasteiger partial charge is 0.416 e. The van der Waals surface area contributed by atoms with Gasteiger partial charge < -0.3 is 0 Å². The van der Waals surface area contributed by atoms with Crippen molar-refractivity contribution < 1.29 is 26.3 Å². The Kier molecular flexibility index (Phi) is 3.26. The predicted molar refractivity (Wildman–Crippen MR) is 56.8 cm³/mol. The van der Waals surface area contributed by atoms with Crippen LogP contribution in [0, 0.1) is 17.5 Å². The van der Waals surface area contributed by atoms with E-state index < -0.39 is 29.2 Å². The van der Waals surface area contributed by atoms with Gasteiger partial charge in [0.1, 0.15) is 5.82 Å². The van der Waals surface area contributed by atoms with Gasteiger partial charge in [-0.2, -0.15) is 13.2 Å². The molecule has 0 bridgehead atoms. The molecule has 0 fully saturated rings. The molecule has 0 aliphatic carbocycles. The second kappa shape index (κ2) is 4.60. The van der Waals surface area contributed by atoms with Gasteiger partial charge >= 0.3 is 6.18 Å². The summed E-state index contributed by atoms with van der Waals surface area (Å²) >= 11 is 0. The van der Waals surface area contributed by atoms with E-state index in [1.165, 1.54) is 0 Å². The summed E-state index contributed by atoms with van der Waals surface area (Å²) in [6.07, 6.45) is -4.66. The molecule has 0 spiro atoms. The van der Waals surface area contributed by atoms with E-state index in [9.17, 15) is 26.3 Å². The quantitative estimate of drug-likeness (QED) is 0.657. The zero-order valence-electron chi connectivity index (χ0n) is 9.23. The van der Waals surface area contributed by atoms with Crippen LogP contribution in [-0.4, -0.2) is 0 Å². The maximum Gasteiger partial charge on any atom is 0.416 e. The molecule has 0 atom stereocenters. The summed E-state index contributed by atoms with van der Waals surface area (Å²) in [5.74, 6) is -3.46. The molecule has 2 rings (SSSR count). The van der Waals surface area contributed by atoms with Crippen molar-refractivity contribution >= 4 is 0 Å². The van der Waals surface area contributed by atoms with E-state index in [2.05, 4.69) is 0 Å². The van der Waals surface area contributed by atoms with Crippen LogP contribution in [0.3, 0.4) is 0 Å². The molecular weight excluding hydrogens is 270 g/mol. The molecule has 0 aromatic heterocycles. The van der Waals surface area contributed by atoms with Gasteiger partial charge in [0.2, 0.25) is 0 Å². The van der Waals surface area contributed by atoms with E-state index in [1.807, 2.05) is 0 Å². The van der Waals surface area contributed by atoms with E-state index >= 15 is 0 Å². The molecular formula is C13H6F6. The lowest BCUT2D eigenvalue weighted by Crippen LogP contribution is -2.05. The van der Waals surface area contributed by atoms with Crippen molar-refractivity contribution in [1.29, 1.82) is 0 Å². The fourth-order valence-electron chi connectivity index (χ4n) is 1.59. The number of hydrogen-bond acceptors (Lipinski definition) is 0. The summed E-state index contributed by atoms with van der Waals surface area (Å²) in [7, 11) is 0. The first kappa shape index (κ1) is 13.5. The van der Waals surface area contributed by atoms with Crippen LogP contribution < -0.4 is 0 Å². The number of rotatable bonds is 1. The SMILES string of the molecule is Fc1ccc(-c2ccc(C(F)(F)F)cc2F)cc1F. The molecule has 6 heteroatoms. The Balaban J connectivity index is 2.49. The Labute approximate surface area is 104 Å². The van der Waals surface area contributed by atoms with Crippen molar-refractivity contribution in [1.82, 2.24) is 0 Å². The Morgan fingerprint density at radius 2 is 1.37 bits per heavy atom. The van der Waals surface area contributed by atoms with E-state index in [0.29, 0.717) is 12.1 Å². The van der Waals surface area contributed by atoms with Gasteiger partial charge in [-0.15, -0.1) is 0 Å². The van der Waals surface area contributed by atoms with Gasteiger partial charge in [-0.1, -0.05) is 12.1 Å². The smallest absolute Gasteiger partial charge is 0.206 e. The summed E-state index contributed by atoms with van der Waals surface area (Å²) < 4.78 is 76.3. The highest BCUT2D eigenvalue weighted by atomic mass is 19.4. The maximum absolute atomic E-state index is 13.6. The number of benzene rings is 2. The monoisotopic (exact) mass is 276 g/mol. The molecule has 0 saturated heterocycles. The number of halogens is 6. The normalized spacial score (nSPS) is 11.7. The molecule has 0 heterocycles. The van der Waals surface area contributed by atoms with E-state index in [-0.39, 0.29) is 11.1 Å². The zero-order valence-corrected chi connectivity index (χ0v) is 9.23. The van der Waals surface area contributed by atoms with Crippen molar-refractivity contribution in [2.24, 2.45) is 0 Å². The lowest BCUT2D eigenvalue weighted by Gasteiger charge is -2.09. The molecule has 0 radical (unpaired) electrons. The van der Waals surface area contributed by atoms with Gasteiger partial charge in [0, 0.05) is 5.56 Å². The Morgan fingerprint density at radius 3 is 1.89 bits per heavy atom. The standard InChI is InChI=1S/C13H6F6/c14-10-4-1-7(5-12(10)16)9-3-2-8(6-11(9)15)13(17,18)19/h1-6H. The van der Waals surface area contributed by atoms with Crippen LogP contribution in [-0.2, 0) is 6.18 Å². The van der Waals surface area contributed by atoms with Crippen LogP contribution >= 0.6 is 0 Å². The Hall–Kier alpha value is -1.98. The molecule has 2 aromatic carbocycles. The minimum atomic E-state index is -4.66. The molecule has 0 unspecified atom stereocenters. The van der Waals surface area contributed by atoms with Gasteiger partial charge in [0.25, 0.3) is 0 Å². The number of hydrogen-bond donors (Lipinski definition) is 0. The Morgan fingerprint density at radius 1 is 0.684 bits per heavy atom. The fraction of sp³-hybridized carbons (Fsp3) is 0.0769. The van der Waals surface area contributed by atoms with E-state index in [0.717, 1.165) is 24.3 Å². The second-order valence-electron chi connectivity index (χ2n) is 3.82. The van der Waals surface area contributed by atoms with Gasteiger partial charge in [0.15, 0.2) is 11.6 Å². The molecule has 100 valence electrons. The molecule has 2 aromatic rings. The first-order valence-corrected chi connectivity index (χ1v) is 5.11. The maximum atomic E-state index is 13.6. The van der Waals surface area contributed by atoms with Gasteiger partial charge in [-0.05, 0) is 29.8 Å². The lowest BCUT2D eigenvalue weighted by molar-refractivity contribution is -0.137. The molecule has 0 nitrogen and oxygen atoms in total. The molecule has 0 N–H and O–H groups in total. The third-order valence-corrected chi connectivity index (χ3v) is 2.53.